The van der Waals surface area contributed by atoms with Crippen molar-refractivity contribution in [2.75, 3.05) is 19.0 Å². The third-order valence-corrected chi connectivity index (χ3v) is 4.35. The van der Waals surface area contributed by atoms with Crippen LogP contribution in [-0.4, -0.2) is 25.2 Å². The maximum Gasteiger partial charge on any atom is 0.433 e. The molecule has 1 amide bonds. The van der Waals surface area contributed by atoms with Crippen LogP contribution in [0.2, 0.25) is 5.02 Å². The lowest BCUT2D eigenvalue weighted by Crippen LogP contribution is -2.33. The Balaban J connectivity index is 2.71. The van der Waals surface area contributed by atoms with Gasteiger partial charge in [-0.05, 0) is 12.1 Å². The van der Waals surface area contributed by atoms with Gasteiger partial charge in [0.25, 0.3) is 0 Å². The van der Waals surface area contributed by atoms with Gasteiger partial charge in [0.2, 0.25) is 0 Å². The Morgan fingerprint density at radius 1 is 1.12 bits per heavy atom. The van der Waals surface area contributed by atoms with E-state index in [1.165, 1.54) is 7.05 Å². The zero-order chi connectivity index (χ0) is 26.0. The molecule has 1 heterocycles. The van der Waals surface area contributed by atoms with Crippen molar-refractivity contribution >= 4 is 29.1 Å². The Hall–Kier alpha value is -3.33. The van der Waals surface area contributed by atoms with E-state index in [4.69, 9.17) is 22.1 Å². The number of nitrogens with zero attached hydrogens (tertiary/aromatic N) is 2. The fraction of sp³-hybridized carbons (Fsp3) is 0.222. The normalized spacial score (nSPS) is 12.5. The monoisotopic (exact) mass is 519 g/mol. The van der Waals surface area contributed by atoms with Gasteiger partial charge in [-0.1, -0.05) is 11.6 Å². The number of anilines is 1. The van der Waals surface area contributed by atoms with Crippen LogP contribution >= 0.6 is 11.6 Å². The molecule has 0 aliphatic carbocycles. The SMILES string of the molecule is CNN/C(=C\N)c1nc(C(F)(F)F)cc(C(F)(F)F)c1OC(=O)N(C)c1cc(Cl)c(F)cc1F. The van der Waals surface area contributed by atoms with E-state index in [9.17, 15) is 39.9 Å². The van der Waals surface area contributed by atoms with Crippen LogP contribution in [0.1, 0.15) is 17.0 Å². The Labute approximate surface area is 191 Å². The molecule has 0 fully saturated rings. The second-order valence-electron chi connectivity index (χ2n) is 6.33. The van der Waals surface area contributed by atoms with Crippen molar-refractivity contribution in [3.05, 3.63) is 58.0 Å². The molecule has 16 heteroatoms. The van der Waals surface area contributed by atoms with Crippen LogP contribution in [0, 0.1) is 11.6 Å². The summed E-state index contributed by atoms with van der Waals surface area (Å²) in [5.41, 5.74) is 3.24. The Morgan fingerprint density at radius 3 is 2.24 bits per heavy atom. The van der Waals surface area contributed by atoms with Crippen LogP contribution in [0.25, 0.3) is 5.70 Å². The highest BCUT2D eigenvalue weighted by molar-refractivity contribution is 6.31. The van der Waals surface area contributed by atoms with E-state index >= 15 is 0 Å². The van der Waals surface area contributed by atoms with Gasteiger partial charge in [-0.2, -0.15) is 26.3 Å². The summed E-state index contributed by atoms with van der Waals surface area (Å²) in [6.07, 6.45) is -11.9. The van der Waals surface area contributed by atoms with Gasteiger partial charge in [-0.15, -0.1) is 0 Å². The molecule has 1 aromatic heterocycles. The first-order valence-electron chi connectivity index (χ1n) is 8.76. The molecule has 7 nitrogen and oxygen atoms in total. The second-order valence-corrected chi connectivity index (χ2v) is 6.74. The van der Waals surface area contributed by atoms with E-state index < -0.39 is 69.2 Å². The number of carbonyl (C=O) groups is 1. The third kappa shape index (κ3) is 5.77. The van der Waals surface area contributed by atoms with E-state index in [-0.39, 0.29) is 6.07 Å². The summed E-state index contributed by atoms with van der Waals surface area (Å²) in [5, 5.41) is -0.629. The Kier molecular flexibility index (Phi) is 7.83. The van der Waals surface area contributed by atoms with Crippen LogP contribution in [0.15, 0.2) is 24.4 Å². The summed E-state index contributed by atoms with van der Waals surface area (Å²) < 4.78 is 113. The van der Waals surface area contributed by atoms with Crippen molar-refractivity contribution in [1.82, 2.24) is 15.8 Å². The number of amides is 1. The van der Waals surface area contributed by atoms with Gasteiger partial charge in [0.15, 0.2) is 5.75 Å². The van der Waals surface area contributed by atoms with Crippen molar-refractivity contribution in [2.24, 2.45) is 5.73 Å². The van der Waals surface area contributed by atoms with Crippen molar-refractivity contribution in [2.45, 2.75) is 12.4 Å². The number of aromatic nitrogens is 1. The standard InChI is InChI=1S/C18H14ClF8N5O2/c1-29-31-11(6-28)14-15(7(17(22,23)24)3-13(30-14)18(25,26)27)34-16(33)32(2)12-4-8(19)9(20)5-10(12)21/h3-6,29,31H,28H2,1-2H3/b11-6-. The molecule has 0 radical (unpaired) electrons. The largest absolute Gasteiger partial charge is 0.433 e. The first-order valence-corrected chi connectivity index (χ1v) is 9.14. The molecular formula is C18H14ClF8N5O2. The van der Waals surface area contributed by atoms with Crippen LogP contribution in [0.4, 0.5) is 45.6 Å². The molecule has 0 aliphatic heterocycles. The fourth-order valence-electron chi connectivity index (χ4n) is 2.51. The zero-order valence-electron chi connectivity index (χ0n) is 17.0. The molecule has 1 aromatic carbocycles. The molecule has 0 aliphatic rings. The summed E-state index contributed by atoms with van der Waals surface area (Å²) >= 11 is 5.54. The van der Waals surface area contributed by atoms with Gasteiger partial charge in [0.1, 0.15) is 28.6 Å². The van der Waals surface area contributed by atoms with Crippen LogP contribution in [-0.2, 0) is 12.4 Å². The molecule has 0 saturated heterocycles. The van der Waals surface area contributed by atoms with E-state index in [0.717, 1.165) is 7.05 Å². The number of hydrogen-bond acceptors (Lipinski definition) is 6. The van der Waals surface area contributed by atoms with Crippen LogP contribution in [0.5, 0.6) is 5.75 Å². The number of rotatable bonds is 5. The smallest absolute Gasteiger partial charge is 0.407 e. The van der Waals surface area contributed by atoms with Crippen molar-refractivity contribution in [3.8, 4) is 5.75 Å². The molecule has 2 rings (SSSR count). The van der Waals surface area contributed by atoms with Crippen LogP contribution < -0.4 is 26.2 Å². The predicted molar refractivity (Wildman–Crippen MR) is 104 cm³/mol. The minimum Gasteiger partial charge on any atom is -0.407 e. The average Bonchev–Trinajstić information content (AvgIpc) is 2.72. The molecule has 0 spiro atoms. The first kappa shape index (κ1) is 26.9. The van der Waals surface area contributed by atoms with E-state index in [0.29, 0.717) is 23.2 Å². The molecular weight excluding hydrogens is 506 g/mol. The summed E-state index contributed by atoms with van der Waals surface area (Å²) in [6.45, 7) is 0. The lowest BCUT2D eigenvalue weighted by molar-refractivity contribution is -0.146. The quantitative estimate of drug-likeness (QED) is 0.302. The Morgan fingerprint density at radius 2 is 1.74 bits per heavy atom. The summed E-state index contributed by atoms with van der Waals surface area (Å²) in [7, 11) is 2.05. The molecule has 0 unspecified atom stereocenters. The van der Waals surface area contributed by atoms with Gasteiger partial charge < -0.3 is 15.9 Å². The number of carbonyl (C=O) groups excluding carboxylic acids is 1. The van der Waals surface area contributed by atoms with Crippen molar-refractivity contribution < 1.29 is 44.7 Å². The molecule has 34 heavy (non-hydrogen) atoms. The molecule has 2 aromatic rings. The lowest BCUT2D eigenvalue weighted by atomic mass is 10.1. The molecule has 0 saturated carbocycles. The number of hydrazine groups is 1. The summed E-state index contributed by atoms with van der Waals surface area (Å²) in [5.74, 6) is -3.98. The molecule has 4 N–H and O–H groups in total. The number of halogens is 9. The minimum absolute atomic E-state index is 0.305. The topological polar surface area (TPSA) is 92.5 Å². The maximum atomic E-state index is 14.1. The number of pyridine rings is 1. The van der Waals surface area contributed by atoms with E-state index in [1.54, 1.807) is 0 Å². The number of hydrogen-bond donors (Lipinski definition) is 3. The second kappa shape index (κ2) is 9.89. The summed E-state index contributed by atoms with van der Waals surface area (Å²) in [4.78, 5) is 16.0. The lowest BCUT2D eigenvalue weighted by Gasteiger charge is -2.23. The first-order chi connectivity index (χ1) is 15.6. The van der Waals surface area contributed by atoms with E-state index in [1.807, 2.05) is 0 Å². The fourth-order valence-corrected chi connectivity index (χ4v) is 2.67. The molecule has 0 atom stereocenters. The van der Waals surface area contributed by atoms with Gasteiger partial charge in [-0.3, -0.25) is 4.90 Å². The van der Waals surface area contributed by atoms with Gasteiger partial charge >= 0.3 is 18.4 Å². The van der Waals surface area contributed by atoms with Gasteiger partial charge in [0.05, 0.1) is 16.4 Å². The number of benzene rings is 1. The molecule has 186 valence electrons. The minimum atomic E-state index is -5.46. The number of nitrogens with one attached hydrogen (secondary N) is 2. The highest BCUT2D eigenvalue weighted by Gasteiger charge is 2.43. The number of alkyl halides is 6. The van der Waals surface area contributed by atoms with Gasteiger partial charge in [-0.25, -0.2) is 24.0 Å². The average molecular weight is 520 g/mol. The predicted octanol–water partition coefficient (Wildman–Crippen LogP) is 4.67. The number of nitrogens with two attached hydrogens (primary N) is 1. The number of ether oxygens (including phenoxy) is 1. The van der Waals surface area contributed by atoms with Crippen molar-refractivity contribution in [3.63, 3.8) is 0 Å². The maximum absolute atomic E-state index is 14.1. The highest BCUT2D eigenvalue weighted by Crippen LogP contribution is 2.43. The van der Waals surface area contributed by atoms with E-state index in [2.05, 4.69) is 15.8 Å². The molecule has 0 bridgehead atoms. The Bertz CT molecular complexity index is 1120. The highest BCUT2D eigenvalue weighted by atomic mass is 35.5. The van der Waals surface area contributed by atoms with Gasteiger partial charge in [0, 0.05) is 26.4 Å². The zero-order valence-corrected chi connectivity index (χ0v) is 17.8. The summed E-state index contributed by atoms with van der Waals surface area (Å²) in [6, 6.07) is 0.590. The van der Waals surface area contributed by atoms with Crippen LogP contribution in [0.3, 0.4) is 0 Å². The third-order valence-electron chi connectivity index (χ3n) is 4.06. The van der Waals surface area contributed by atoms with Crippen molar-refractivity contribution in [1.29, 1.82) is 0 Å².